The number of primary amides is 1. The third-order valence-electron chi connectivity index (χ3n) is 2.51. The maximum absolute atomic E-state index is 10.9. The number of carbonyl (C=O) groups excluding carboxylic acids is 1. The minimum atomic E-state index is -1.23. The maximum Gasteiger partial charge on any atom is 0.266 e. The van der Waals surface area contributed by atoms with Crippen LogP contribution in [-0.4, -0.2) is 50.0 Å². The van der Waals surface area contributed by atoms with Gasteiger partial charge in [0.1, 0.15) is 23.7 Å². The predicted molar refractivity (Wildman–Crippen MR) is 56.6 cm³/mol. The molecular formula is C10H11N3O4. The van der Waals surface area contributed by atoms with Crippen LogP contribution in [0.3, 0.4) is 0 Å². The van der Waals surface area contributed by atoms with Gasteiger partial charge in [-0.05, 0) is 0 Å². The van der Waals surface area contributed by atoms with Crippen LogP contribution in [-0.2, 0) is 0 Å². The lowest BCUT2D eigenvalue weighted by atomic mass is 10.1. The van der Waals surface area contributed by atoms with E-state index in [1.807, 2.05) is 0 Å². The molecular weight excluding hydrogens is 226 g/mol. The van der Waals surface area contributed by atoms with E-state index >= 15 is 0 Å². The summed E-state index contributed by atoms with van der Waals surface area (Å²) >= 11 is 0. The van der Waals surface area contributed by atoms with Gasteiger partial charge in [-0.2, -0.15) is 0 Å². The fourth-order valence-electron chi connectivity index (χ4n) is 1.58. The van der Waals surface area contributed by atoms with Gasteiger partial charge >= 0.3 is 0 Å². The summed E-state index contributed by atoms with van der Waals surface area (Å²) in [5.74, 6) is -0.488. The van der Waals surface area contributed by atoms with Gasteiger partial charge in [-0.3, -0.25) is 4.79 Å². The minimum absolute atomic E-state index is 0.0911. The summed E-state index contributed by atoms with van der Waals surface area (Å²) in [4.78, 5) is 17.3. The Bertz CT molecular complexity index is 527. The summed E-state index contributed by atoms with van der Waals surface area (Å²) < 4.78 is 0. The van der Waals surface area contributed by atoms with Gasteiger partial charge in [-0.25, -0.2) is 4.98 Å². The van der Waals surface area contributed by atoms with E-state index in [2.05, 4.69) is 15.7 Å². The number of hydrogen-bond acceptors (Lipinski definition) is 5. The molecule has 2 unspecified atom stereocenters. The highest BCUT2D eigenvalue weighted by Crippen LogP contribution is 2.26. The average Bonchev–Trinajstić information content (AvgIpc) is 2.87. The van der Waals surface area contributed by atoms with E-state index in [-0.39, 0.29) is 22.7 Å². The molecule has 2 atom stereocenters. The molecule has 6 N–H and O–H groups in total. The maximum atomic E-state index is 10.9. The molecule has 1 aromatic rings. The lowest BCUT2D eigenvalue weighted by Crippen LogP contribution is -2.26. The number of carbonyl (C=O) groups is 1. The standard InChI is InChI=1S/C10H11N3O4/c11-9(17)6-2-12-10(13-6)5-1-4(3-14)7(15)8(5)16/h2,7-8,14-16H,3H2,(H2,11,17)(H,12,13). The lowest BCUT2D eigenvalue weighted by Gasteiger charge is -2.12. The van der Waals surface area contributed by atoms with Crippen molar-refractivity contribution in [3.05, 3.63) is 29.0 Å². The molecule has 1 amide bonds. The normalized spacial score (nSPS) is 23.5. The number of aromatic nitrogens is 2. The monoisotopic (exact) mass is 237 g/mol. The molecule has 0 fully saturated rings. The number of H-pyrrole nitrogens is 1. The molecule has 0 saturated heterocycles. The van der Waals surface area contributed by atoms with Crippen molar-refractivity contribution in [1.82, 2.24) is 9.97 Å². The van der Waals surface area contributed by atoms with Crippen LogP contribution in [0.1, 0.15) is 16.3 Å². The van der Waals surface area contributed by atoms with Gasteiger partial charge < -0.3 is 26.0 Å². The summed E-state index contributed by atoms with van der Waals surface area (Å²) in [6.07, 6.45) is -1.22. The molecule has 0 saturated carbocycles. The second-order valence-electron chi connectivity index (χ2n) is 3.62. The number of aliphatic hydroxyl groups excluding tert-OH is 3. The second kappa shape index (κ2) is 4.15. The van der Waals surface area contributed by atoms with E-state index in [9.17, 15) is 15.0 Å². The van der Waals surface area contributed by atoms with Crippen molar-refractivity contribution < 1.29 is 20.1 Å². The Labute approximate surface area is 95.9 Å². The number of imidazole rings is 1. The van der Waals surface area contributed by atoms with Crippen LogP contribution >= 0.6 is 0 Å². The number of amides is 1. The Morgan fingerprint density at radius 1 is 1.53 bits per heavy atom. The number of rotatable bonds is 3. The van der Waals surface area contributed by atoms with E-state index < -0.39 is 24.7 Å². The molecule has 0 bridgehead atoms. The third-order valence-corrected chi connectivity index (χ3v) is 2.51. The van der Waals surface area contributed by atoms with Crippen molar-refractivity contribution in [2.45, 2.75) is 12.2 Å². The van der Waals surface area contributed by atoms with Crippen LogP contribution < -0.4 is 5.73 Å². The van der Waals surface area contributed by atoms with Gasteiger partial charge in [-0.1, -0.05) is 0 Å². The van der Waals surface area contributed by atoms with Crippen LogP contribution in [0.15, 0.2) is 17.5 Å². The van der Waals surface area contributed by atoms with Crippen molar-refractivity contribution in [3.63, 3.8) is 0 Å². The molecule has 2 rings (SSSR count). The van der Waals surface area contributed by atoms with Gasteiger partial charge in [0.25, 0.3) is 5.91 Å². The van der Waals surface area contributed by atoms with Gasteiger partial charge in [0.2, 0.25) is 0 Å². The summed E-state index contributed by atoms with van der Waals surface area (Å²) in [5, 5.41) is 28.2. The van der Waals surface area contributed by atoms with Gasteiger partial charge in [0.15, 0.2) is 0 Å². The molecule has 7 heteroatoms. The Balaban J connectivity index is 2.40. The fraction of sp³-hybridized carbons (Fsp3) is 0.300. The highest BCUT2D eigenvalue weighted by Gasteiger charge is 2.31. The molecule has 17 heavy (non-hydrogen) atoms. The smallest absolute Gasteiger partial charge is 0.266 e. The number of nitrogens with one attached hydrogen (secondary N) is 1. The van der Waals surface area contributed by atoms with Crippen LogP contribution in [0.4, 0.5) is 0 Å². The minimum Gasteiger partial charge on any atom is -0.391 e. The number of hydrogen-bond donors (Lipinski definition) is 5. The van der Waals surface area contributed by atoms with Crippen LogP contribution in [0.5, 0.6) is 0 Å². The highest BCUT2D eigenvalue weighted by molar-refractivity contribution is 5.91. The van der Waals surface area contributed by atoms with Crippen molar-refractivity contribution in [3.8, 4) is 0 Å². The average molecular weight is 237 g/mol. The zero-order valence-electron chi connectivity index (χ0n) is 8.71. The first-order valence-electron chi connectivity index (χ1n) is 4.86. The molecule has 1 aromatic heterocycles. The summed E-state index contributed by atoms with van der Waals surface area (Å²) in [5.41, 5.74) is 8.14. The molecule has 7 nitrogen and oxygen atoms in total. The third kappa shape index (κ3) is 1.88. The quantitative estimate of drug-likeness (QED) is 0.393. The molecule has 1 aliphatic rings. The topological polar surface area (TPSA) is 132 Å². The lowest BCUT2D eigenvalue weighted by molar-refractivity contribution is 0.0764. The van der Waals surface area contributed by atoms with E-state index in [1.54, 1.807) is 0 Å². The zero-order valence-corrected chi connectivity index (χ0v) is 8.71. The first-order chi connectivity index (χ1) is 8.04. The van der Waals surface area contributed by atoms with Crippen molar-refractivity contribution in [1.29, 1.82) is 0 Å². The fourth-order valence-corrected chi connectivity index (χ4v) is 1.58. The van der Waals surface area contributed by atoms with Crippen molar-refractivity contribution in [2.24, 2.45) is 5.73 Å². The Morgan fingerprint density at radius 2 is 2.24 bits per heavy atom. The molecule has 0 radical (unpaired) electrons. The zero-order chi connectivity index (χ0) is 12.6. The summed E-state index contributed by atoms with van der Waals surface area (Å²) in [6.45, 7) is -0.412. The SMILES string of the molecule is NC(=O)c1cnc(C2=C=C(CO)C(O)C2O)[nH]1. The van der Waals surface area contributed by atoms with Crippen LogP contribution in [0.2, 0.25) is 0 Å². The van der Waals surface area contributed by atoms with Crippen LogP contribution in [0, 0.1) is 0 Å². The summed E-state index contributed by atoms with van der Waals surface area (Å²) in [7, 11) is 0. The van der Waals surface area contributed by atoms with Crippen molar-refractivity contribution >= 4 is 11.5 Å². The Hall–Kier alpha value is -1.92. The second-order valence-corrected chi connectivity index (χ2v) is 3.62. The molecule has 0 spiro atoms. The van der Waals surface area contributed by atoms with Crippen LogP contribution in [0.25, 0.3) is 5.57 Å². The number of nitrogens with two attached hydrogens (primary N) is 1. The van der Waals surface area contributed by atoms with E-state index in [0.717, 1.165) is 0 Å². The molecule has 1 aliphatic carbocycles. The molecule has 0 aromatic carbocycles. The molecule has 0 aliphatic heterocycles. The van der Waals surface area contributed by atoms with E-state index in [4.69, 9.17) is 10.8 Å². The number of aliphatic hydroxyl groups is 3. The Kier molecular flexibility index (Phi) is 2.83. The number of nitrogens with zero attached hydrogens (tertiary/aromatic N) is 1. The predicted octanol–water partition coefficient (Wildman–Crippen LogP) is -1.85. The van der Waals surface area contributed by atoms with E-state index in [1.165, 1.54) is 6.20 Å². The van der Waals surface area contributed by atoms with Gasteiger partial charge in [0, 0.05) is 5.57 Å². The first-order valence-corrected chi connectivity index (χ1v) is 4.86. The van der Waals surface area contributed by atoms with Crippen molar-refractivity contribution in [2.75, 3.05) is 6.61 Å². The molecule has 1 heterocycles. The van der Waals surface area contributed by atoms with Gasteiger partial charge in [0.05, 0.1) is 18.4 Å². The Morgan fingerprint density at radius 3 is 2.71 bits per heavy atom. The first kappa shape index (κ1) is 11.6. The van der Waals surface area contributed by atoms with E-state index in [0.29, 0.717) is 0 Å². The number of aromatic amines is 1. The highest BCUT2D eigenvalue weighted by atomic mass is 16.3. The summed E-state index contributed by atoms with van der Waals surface area (Å²) in [6, 6.07) is 0. The largest absolute Gasteiger partial charge is 0.391 e. The molecule has 90 valence electrons. The van der Waals surface area contributed by atoms with Gasteiger partial charge in [-0.15, -0.1) is 5.73 Å².